The molecule has 0 saturated heterocycles. The first kappa shape index (κ1) is 32.8. The van der Waals surface area contributed by atoms with Gasteiger partial charge in [0.2, 0.25) is 11.8 Å². The summed E-state index contributed by atoms with van der Waals surface area (Å²) in [7, 11) is -2.72. The highest BCUT2D eigenvalue weighted by molar-refractivity contribution is 9.10. The zero-order valence-corrected chi connectivity index (χ0v) is 27.7. The maximum atomic E-state index is 14.1. The topological polar surface area (TPSA) is 96.0 Å². The molecule has 0 aromatic heterocycles. The molecule has 43 heavy (non-hydrogen) atoms. The zero-order valence-electron chi connectivity index (χ0n) is 24.6. The van der Waals surface area contributed by atoms with E-state index in [1.54, 1.807) is 55.5 Å². The number of ether oxygens (including phenoxy) is 1. The Bertz CT molecular complexity index is 1540. The van der Waals surface area contributed by atoms with Crippen molar-refractivity contribution in [3.63, 3.8) is 0 Å². The quantitative estimate of drug-likeness (QED) is 0.249. The number of hydrogen-bond donors (Lipinski definition) is 1. The Morgan fingerprint density at radius 3 is 2.37 bits per heavy atom. The molecule has 0 radical (unpaired) electrons. The number of benzene rings is 3. The Balaban J connectivity index is 1.69. The van der Waals surface area contributed by atoms with Gasteiger partial charge in [0.1, 0.15) is 18.3 Å². The predicted octanol–water partition coefficient (Wildman–Crippen LogP) is 6.48. The van der Waals surface area contributed by atoms with Crippen LogP contribution in [0.5, 0.6) is 5.75 Å². The second-order valence-corrected chi connectivity index (χ2v) is 14.0. The molecule has 1 aliphatic carbocycles. The fraction of sp³-hybridized carbons (Fsp3) is 0.375. The lowest BCUT2D eigenvalue weighted by Gasteiger charge is -2.33. The fourth-order valence-corrected chi connectivity index (χ4v) is 7.50. The third-order valence-corrected chi connectivity index (χ3v) is 10.3. The van der Waals surface area contributed by atoms with Crippen molar-refractivity contribution in [2.45, 2.75) is 69.5 Å². The average molecular weight is 691 g/mol. The van der Waals surface area contributed by atoms with Gasteiger partial charge in [-0.1, -0.05) is 60.7 Å². The van der Waals surface area contributed by atoms with Gasteiger partial charge in [-0.2, -0.15) is 0 Å². The van der Waals surface area contributed by atoms with E-state index in [1.165, 1.54) is 24.1 Å². The molecule has 0 spiro atoms. The van der Waals surface area contributed by atoms with Crippen LogP contribution in [0, 0.1) is 6.92 Å². The number of anilines is 1. The Hall–Kier alpha value is -3.08. The van der Waals surface area contributed by atoms with E-state index in [2.05, 4.69) is 21.2 Å². The van der Waals surface area contributed by atoms with E-state index in [0.717, 1.165) is 47.5 Å². The average Bonchev–Trinajstić information content (AvgIpc) is 2.99. The first-order valence-electron chi connectivity index (χ1n) is 14.3. The molecule has 0 unspecified atom stereocenters. The third-order valence-electron chi connectivity index (χ3n) is 7.67. The van der Waals surface area contributed by atoms with Gasteiger partial charge >= 0.3 is 0 Å². The molecule has 8 nitrogen and oxygen atoms in total. The molecule has 1 aliphatic rings. The Morgan fingerprint density at radius 2 is 1.74 bits per heavy atom. The smallest absolute Gasteiger partial charge is 0.264 e. The van der Waals surface area contributed by atoms with Crippen molar-refractivity contribution in [3.05, 3.63) is 87.4 Å². The number of carbonyl (C=O) groups excluding carboxylic acids is 2. The van der Waals surface area contributed by atoms with Gasteiger partial charge < -0.3 is 15.0 Å². The first-order valence-corrected chi connectivity index (χ1v) is 16.9. The molecule has 3 aromatic rings. The van der Waals surface area contributed by atoms with Crippen LogP contribution >= 0.6 is 27.5 Å². The number of carbonyl (C=O) groups is 2. The van der Waals surface area contributed by atoms with E-state index in [4.69, 9.17) is 16.3 Å². The Labute approximate surface area is 267 Å². The fourth-order valence-electron chi connectivity index (χ4n) is 5.16. The molecule has 2 amide bonds. The van der Waals surface area contributed by atoms with Crippen LogP contribution in [0.3, 0.4) is 0 Å². The highest BCUT2D eigenvalue weighted by Crippen LogP contribution is 2.31. The van der Waals surface area contributed by atoms with Crippen LogP contribution in [0.25, 0.3) is 0 Å². The SMILES string of the molecule is COc1ccc(S(=O)(=O)N(CC(=O)N(Cc2cccc(Cl)c2)[C@@H](C)C(=O)NC2CCCCC2)c2ccc(C)cc2)cc1Br. The molecule has 1 N–H and O–H groups in total. The van der Waals surface area contributed by atoms with E-state index in [9.17, 15) is 18.0 Å². The molecule has 0 aliphatic heterocycles. The summed E-state index contributed by atoms with van der Waals surface area (Å²) in [5, 5.41) is 3.61. The molecule has 11 heteroatoms. The standard InChI is InChI=1S/C32H37BrClN3O5S/c1-22-12-14-27(15-13-22)37(43(40,41)28-16-17-30(42-3)29(33)19-28)21-31(38)36(20-24-8-7-9-25(34)18-24)23(2)32(39)35-26-10-5-4-6-11-26/h7-9,12-19,23,26H,4-6,10-11,20-21H2,1-3H3,(H,35,39)/t23-/m0/s1. The van der Waals surface area contributed by atoms with Gasteiger partial charge in [0, 0.05) is 17.6 Å². The Kier molecular flexibility index (Phi) is 11.1. The van der Waals surface area contributed by atoms with Crippen molar-refractivity contribution in [1.82, 2.24) is 10.2 Å². The van der Waals surface area contributed by atoms with E-state index in [0.29, 0.717) is 20.9 Å². The number of sulfonamides is 1. The highest BCUT2D eigenvalue weighted by Gasteiger charge is 2.33. The molecule has 1 saturated carbocycles. The van der Waals surface area contributed by atoms with Crippen LogP contribution in [0.1, 0.15) is 50.2 Å². The number of methoxy groups -OCH3 is 1. The van der Waals surface area contributed by atoms with Crippen LogP contribution in [0.15, 0.2) is 76.1 Å². The number of rotatable bonds is 11. The number of amides is 2. The summed E-state index contributed by atoms with van der Waals surface area (Å²) >= 11 is 9.60. The van der Waals surface area contributed by atoms with Crippen molar-refractivity contribution in [2.24, 2.45) is 0 Å². The van der Waals surface area contributed by atoms with Gasteiger partial charge in [-0.3, -0.25) is 13.9 Å². The summed E-state index contributed by atoms with van der Waals surface area (Å²) < 4.78 is 35.0. The molecule has 0 heterocycles. The second kappa shape index (κ2) is 14.6. The van der Waals surface area contributed by atoms with Gasteiger partial charge in [0.15, 0.2) is 0 Å². The van der Waals surface area contributed by atoms with Crippen LogP contribution in [-0.2, 0) is 26.2 Å². The summed E-state index contributed by atoms with van der Waals surface area (Å²) in [5.74, 6) is -0.323. The van der Waals surface area contributed by atoms with Crippen molar-refractivity contribution in [3.8, 4) is 5.75 Å². The van der Waals surface area contributed by atoms with Gasteiger partial charge in [0.25, 0.3) is 10.0 Å². The maximum Gasteiger partial charge on any atom is 0.264 e. The summed E-state index contributed by atoms with van der Waals surface area (Å²) in [6.07, 6.45) is 5.05. The maximum absolute atomic E-state index is 14.1. The molecule has 1 fully saturated rings. The minimum absolute atomic E-state index is 0.0157. The molecular weight excluding hydrogens is 654 g/mol. The van der Waals surface area contributed by atoms with Crippen LogP contribution in [0.4, 0.5) is 5.69 Å². The van der Waals surface area contributed by atoms with Crippen molar-refractivity contribution < 1.29 is 22.7 Å². The van der Waals surface area contributed by atoms with Gasteiger partial charge in [-0.05, 0) is 90.6 Å². The summed E-state index contributed by atoms with van der Waals surface area (Å²) in [5.41, 5.74) is 1.99. The number of aryl methyl sites for hydroxylation is 1. The molecule has 4 rings (SSSR count). The van der Waals surface area contributed by atoms with Gasteiger partial charge in [0.05, 0.1) is 22.2 Å². The molecule has 0 bridgehead atoms. The Morgan fingerprint density at radius 1 is 1.05 bits per heavy atom. The number of nitrogens with zero attached hydrogens (tertiary/aromatic N) is 2. The summed E-state index contributed by atoms with van der Waals surface area (Å²) in [4.78, 5) is 29.0. The van der Waals surface area contributed by atoms with Crippen LogP contribution < -0.4 is 14.4 Å². The minimum Gasteiger partial charge on any atom is -0.496 e. The predicted molar refractivity (Wildman–Crippen MR) is 173 cm³/mol. The minimum atomic E-state index is -4.21. The molecule has 230 valence electrons. The lowest BCUT2D eigenvalue weighted by Crippen LogP contribution is -2.53. The molecule has 3 aromatic carbocycles. The number of halogens is 2. The van der Waals surface area contributed by atoms with Crippen LogP contribution in [-0.4, -0.2) is 50.9 Å². The number of nitrogens with one attached hydrogen (secondary N) is 1. The highest BCUT2D eigenvalue weighted by atomic mass is 79.9. The van der Waals surface area contributed by atoms with E-state index >= 15 is 0 Å². The zero-order chi connectivity index (χ0) is 31.1. The lowest BCUT2D eigenvalue weighted by atomic mass is 9.95. The van der Waals surface area contributed by atoms with E-state index in [1.807, 2.05) is 13.0 Å². The summed E-state index contributed by atoms with van der Waals surface area (Å²) in [6.45, 7) is 3.13. The van der Waals surface area contributed by atoms with Gasteiger partial charge in [-0.25, -0.2) is 8.42 Å². The molecular formula is C32H37BrClN3O5S. The number of hydrogen-bond acceptors (Lipinski definition) is 5. The first-order chi connectivity index (χ1) is 20.5. The van der Waals surface area contributed by atoms with E-state index < -0.39 is 28.5 Å². The second-order valence-electron chi connectivity index (χ2n) is 10.8. The van der Waals surface area contributed by atoms with Crippen molar-refractivity contribution in [2.75, 3.05) is 18.0 Å². The largest absolute Gasteiger partial charge is 0.496 e. The molecule has 1 atom stereocenters. The van der Waals surface area contributed by atoms with Gasteiger partial charge in [-0.15, -0.1) is 0 Å². The third kappa shape index (κ3) is 8.31. The normalized spacial score (nSPS) is 14.5. The summed E-state index contributed by atoms with van der Waals surface area (Å²) in [6, 6.07) is 17.6. The van der Waals surface area contributed by atoms with E-state index in [-0.39, 0.29) is 23.4 Å². The van der Waals surface area contributed by atoms with Crippen molar-refractivity contribution in [1.29, 1.82) is 0 Å². The van der Waals surface area contributed by atoms with Crippen molar-refractivity contribution >= 4 is 55.1 Å². The lowest BCUT2D eigenvalue weighted by molar-refractivity contribution is -0.139. The van der Waals surface area contributed by atoms with Crippen LogP contribution in [0.2, 0.25) is 5.02 Å². The monoisotopic (exact) mass is 689 g/mol.